The van der Waals surface area contributed by atoms with E-state index >= 15 is 0 Å². The number of carbonyl (C=O) groups is 1. The summed E-state index contributed by atoms with van der Waals surface area (Å²) in [6.45, 7) is 1.00. The number of amides is 1. The molecule has 7 heteroatoms. The van der Waals surface area contributed by atoms with E-state index in [9.17, 15) is 13.2 Å². The minimum absolute atomic E-state index is 0.0770. The van der Waals surface area contributed by atoms with Crippen molar-refractivity contribution < 1.29 is 13.2 Å². The number of nitrogens with zero attached hydrogens (tertiary/aromatic N) is 1. The fourth-order valence-corrected chi connectivity index (χ4v) is 6.83. The summed E-state index contributed by atoms with van der Waals surface area (Å²) in [7, 11) is 0.612. The number of rotatable bonds is 8. The Bertz CT molecular complexity index is 1440. The molecule has 0 saturated heterocycles. The largest absolute Gasteiger partial charge is 0.358 e. The van der Waals surface area contributed by atoms with Crippen molar-refractivity contribution in [3.8, 4) is 0 Å². The van der Waals surface area contributed by atoms with E-state index in [1.807, 2.05) is 36.4 Å². The standard InChI is InChI=1S/C30H35N3O3S/c1-33(2)17-9-13-24-23-12-7-4-8-14-27(23)31-29(24)19-26-25-18-22(15-16-28(25)32-30(26)34)37(35,36)20-21-10-5-3-6-11-21/h3,5-6,10-11,15-16,18-19,31H,4,7-9,12-14,17,20H2,1-2H3,(H,32,34). The summed E-state index contributed by atoms with van der Waals surface area (Å²) >= 11 is 0. The molecule has 1 aliphatic heterocycles. The molecule has 2 N–H and O–H groups in total. The van der Waals surface area contributed by atoms with Gasteiger partial charge in [-0.3, -0.25) is 4.79 Å². The van der Waals surface area contributed by atoms with Crippen molar-refractivity contribution in [3.63, 3.8) is 0 Å². The molecule has 6 nitrogen and oxygen atoms in total. The van der Waals surface area contributed by atoms with E-state index in [4.69, 9.17) is 0 Å². The quantitative estimate of drug-likeness (QED) is 0.316. The maximum Gasteiger partial charge on any atom is 0.256 e. The Morgan fingerprint density at radius 3 is 2.57 bits per heavy atom. The third-order valence-electron chi connectivity index (χ3n) is 7.35. The fraction of sp³-hybridized carbons (Fsp3) is 0.367. The summed E-state index contributed by atoms with van der Waals surface area (Å²) in [6.07, 6.45) is 9.63. The molecule has 0 bridgehead atoms. The lowest BCUT2D eigenvalue weighted by atomic mass is 9.98. The predicted octanol–water partition coefficient (Wildman–Crippen LogP) is 5.24. The third kappa shape index (κ3) is 5.58. The highest BCUT2D eigenvalue weighted by Gasteiger charge is 2.28. The Morgan fingerprint density at radius 2 is 1.78 bits per heavy atom. The minimum atomic E-state index is -3.56. The van der Waals surface area contributed by atoms with Crippen LogP contribution < -0.4 is 5.32 Å². The topological polar surface area (TPSA) is 82.3 Å². The first-order chi connectivity index (χ1) is 17.8. The molecule has 194 valence electrons. The van der Waals surface area contributed by atoms with Crippen LogP contribution >= 0.6 is 0 Å². The molecule has 2 aromatic carbocycles. The molecular weight excluding hydrogens is 482 g/mol. The zero-order valence-electron chi connectivity index (χ0n) is 21.6. The number of sulfone groups is 1. The zero-order valence-corrected chi connectivity index (χ0v) is 22.5. The van der Waals surface area contributed by atoms with Crippen LogP contribution in [0.3, 0.4) is 0 Å². The summed E-state index contributed by atoms with van der Waals surface area (Å²) in [5.74, 6) is -0.275. The van der Waals surface area contributed by atoms with E-state index in [2.05, 4.69) is 29.3 Å². The molecule has 0 spiro atoms. The smallest absolute Gasteiger partial charge is 0.256 e. The maximum absolute atomic E-state index is 13.2. The van der Waals surface area contributed by atoms with Crippen molar-refractivity contribution in [2.24, 2.45) is 0 Å². The van der Waals surface area contributed by atoms with Gasteiger partial charge in [0, 0.05) is 22.6 Å². The Labute approximate surface area is 219 Å². The van der Waals surface area contributed by atoms with Crippen LogP contribution in [0.5, 0.6) is 0 Å². The molecule has 1 aromatic heterocycles. The summed E-state index contributed by atoms with van der Waals surface area (Å²) in [4.78, 5) is 19.1. The summed E-state index contributed by atoms with van der Waals surface area (Å²) < 4.78 is 26.4. The molecule has 0 fully saturated rings. The summed E-state index contributed by atoms with van der Waals surface area (Å²) in [6, 6.07) is 14.1. The van der Waals surface area contributed by atoms with Crippen molar-refractivity contribution in [2.75, 3.05) is 26.0 Å². The number of aromatic amines is 1. The van der Waals surface area contributed by atoms with Crippen LogP contribution in [-0.4, -0.2) is 44.8 Å². The van der Waals surface area contributed by atoms with Crippen LogP contribution in [-0.2, 0) is 39.6 Å². The number of hydrogen-bond donors (Lipinski definition) is 2. The predicted molar refractivity (Wildman–Crippen MR) is 149 cm³/mol. The van der Waals surface area contributed by atoms with Gasteiger partial charge in [0.25, 0.3) is 5.91 Å². The van der Waals surface area contributed by atoms with Crippen LogP contribution in [0.4, 0.5) is 5.69 Å². The molecule has 5 rings (SSSR count). The number of hydrogen-bond acceptors (Lipinski definition) is 4. The van der Waals surface area contributed by atoms with Gasteiger partial charge in [-0.05, 0) is 100 Å². The van der Waals surface area contributed by atoms with Gasteiger partial charge in [-0.15, -0.1) is 0 Å². The minimum Gasteiger partial charge on any atom is -0.358 e. The number of aromatic nitrogens is 1. The average Bonchev–Trinajstić information content (AvgIpc) is 3.24. The van der Waals surface area contributed by atoms with Gasteiger partial charge < -0.3 is 15.2 Å². The molecule has 2 heterocycles. The maximum atomic E-state index is 13.2. The van der Waals surface area contributed by atoms with E-state index in [0.717, 1.165) is 43.5 Å². The SMILES string of the molecule is CN(C)CCCc1c(C=C2C(=O)Nc3ccc(S(=O)(=O)Cc4ccccc4)cc32)[nH]c2c1CCCCC2. The number of benzene rings is 2. The first kappa shape index (κ1) is 25.5. The molecule has 0 unspecified atom stereocenters. The molecule has 2 aliphatic rings. The monoisotopic (exact) mass is 517 g/mol. The van der Waals surface area contributed by atoms with Crippen LogP contribution in [0, 0.1) is 0 Å². The van der Waals surface area contributed by atoms with E-state index in [1.54, 1.807) is 18.2 Å². The molecule has 37 heavy (non-hydrogen) atoms. The Kier molecular flexibility index (Phi) is 7.36. The van der Waals surface area contributed by atoms with Crippen LogP contribution in [0.2, 0.25) is 0 Å². The Hall–Kier alpha value is -3.16. The van der Waals surface area contributed by atoms with Gasteiger partial charge in [0.1, 0.15) is 0 Å². The van der Waals surface area contributed by atoms with Crippen LogP contribution in [0.15, 0.2) is 53.4 Å². The molecule has 0 atom stereocenters. The second kappa shape index (κ2) is 10.7. The first-order valence-corrected chi connectivity index (χ1v) is 14.8. The number of H-pyrrole nitrogens is 1. The van der Waals surface area contributed by atoms with Gasteiger partial charge in [-0.2, -0.15) is 0 Å². The first-order valence-electron chi connectivity index (χ1n) is 13.1. The van der Waals surface area contributed by atoms with Gasteiger partial charge in [0.15, 0.2) is 9.84 Å². The molecule has 3 aromatic rings. The lowest BCUT2D eigenvalue weighted by molar-refractivity contribution is -0.110. The van der Waals surface area contributed by atoms with Gasteiger partial charge in [-0.25, -0.2) is 8.42 Å². The number of aryl methyl sites for hydroxylation is 1. The van der Waals surface area contributed by atoms with Crippen LogP contribution in [0.1, 0.15) is 59.3 Å². The lowest BCUT2D eigenvalue weighted by Gasteiger charge is -2.11. The van der Waals surface area contributed by atoms with E-state index < -0.39 is 9.84 Å². The zero-order chi connectivity index (χ0) is 26.0. The second-order valence-electron chi connectivity index (χ2n) is 10.4. The van der Waals surface area contributed by atoms with Crippen molar-refractivity contribution >= 4 is 33.1 Å². The second-order valence-corrected chi connectivity index (χ2v) is 12.4. The van der Waals surface area contributed by atoms with Crippen molar-refractivity contribution in [1.29, 1.82) is 0 Å². The van der Waals surface area contributed by atoms with Crippen molar-refractivity contribution in [3.05, 3.63) is 82.2 Å². The van der Waals surface area contributed by atoms with Crippen LogP contribution in [0.25, 0.3) is 11.6 Å². The number of anilines is 1. The molecule has 0 radical (unpaired) electrons. The summed E-state index contributed by atoms with van der Waals surface area (Å²) in [5, 5.41) is 2.92. The van der Waals surface area contributed by atoms with E-state index in [0.29, 0.717) is 16.8 Å². The lowest BCUT2D eigenvalue weighted by Crippen LogP contribution is -2.13. The highest BCUT2D eigenvalue weighted by Crippen LogP contribution is 2.37. The average molecular weight is 518 g/mol. The van der Waals surface area contributed by atoms with Gasteiger partial charge in [0.2, 0.25) is 0 Å². The Balaban J connectivity index is 1.52. The third-order valence-corrected chi connectivity index (χ3v) is 9.03. The molecule has 1 amide bonds. The van der Waals surface area contributed by atoms with Gasteiger partial charge in [0.05, 0.1) is 16.2 Å². The molecule has 1 aliphatic carbocycles. The van der Waals surface area contributed by atoms with Gasteiger partial charge in [-0.1, -0.05) is 36.8 Å². The fourth-order valence-electron chi connectivity index (χ4n) is 5.46. The normalized spacial score (nSPS) is 16.5. The van der Waals surface area contributed by atoms with Gasteiger partial charge >= 0.3 is 0 Å². The van der Waals surface area contributed by atoms with Crippen molar-refractivity contribution in [2.45, 2.75) is 55.6 Å². The number of nitrogens with one attached hydrogen (secondary N) is 2. The van der Waals surface area contributed by atoms with E-state index in [1.165, 1.54) is 36.1 Å². The molecular formula is C30H35N3O3S. The number of fused-ring (bicyclic) bond motifs is 2. The molecule has 0 saturated carbocycles. The number of carbonyl (C=O) groups excluding carboxylic acids is 1. The Morgan fingerprint density at radius 1 is 1.00 bits per heavy atom. The highest BCUT2D eigenvalue weighted by molar-refractivity contribution is 7.90. The summed E-state index contributed by atoms with van der Waals surface area (Å²) in [5.41, 5.74) is 7.55. The van der Waals surface area contributed by atoms with Crippen molar-refractivity contribution in [1.82, 2.24) is 9.88 Å². The van der Waals surface area contributed by atoms with E-state index in [-0.39, 0.29) is 16.6 Å². The highest BCUT2D eigenvalue weighted by atomic mass is 32.2.